The second-order valence-electron chi connectivity index (χ2n) is 4.87. The molecule has 0 aliphatic heterocycles. The van der Waals surface area contributed by atoms with Crippen LogP contribution in [0.4, 0.5) is 8.78 Å². The molecule has 1 aromatic carbocycles. The standard InChI is InChI=1S/C12H13ClF2/c1-12(2)6-8(12)11(13)7-3-4-9(14)10(15)5-7/h3-5,8,11H,6H2,1-2H3. The lowest BCUT2D eigenvalue weighted by Gasteiger charge is -2.11. The molecule has 0 amide bonds. The van der Waals surface area contributed by atoms with Crippen LogP contribution in [0.15, 0.2) is 18.2 Å². The summed E-state index contributed by atoms with van der Waals surface area (Å²) in [4.78, 5) is 0. The van der Waals surface area contributed by atoms with Gasteiger partial charge < -0.3 is 0 Å². The minimum atomic E-state index is -0.823. The van der Waals surface area contributed by atoms with E-state index < -0.39 is 11.6 Å². The van der Waals surface area contributed by atoms with Crippen LogP contribution in [0, 0.1) is 23.0 Å². The van der Waals surface area contributed by atoms with Crippen LogP contribution >= 0.6 is 11.6 Å². The molecule has 0 aromatic heterocycles. The van der Waals surface area contributed by atoms with Crippen molar-refractivity contribution in [1.29, 1.82) is 0 Å². The van der Waals surface area contributed by atoms with Gasteiger partial charge in [0.05, 0.1) is 5.38 Å². The number of halogens is 3. The highest BCUT2D eigenvalue weighted by Gasteiger charge is 2.50. The van der Waals surface area contributed by atoms with Gasteiger partial charge >= 0.3 is 0 Å². The molecule has 0 spiro atoms. The van der Waals surface area contributed by atoms with Crippen LogP contribution in [-0.4, -0.2) is 0 Å². The maximum absolute atomic E-state index is 13.0. The van der Waals surface area contributed by atoms with Gasteiger partial charge in [-0.3, -0.25) is 0 Å². The Kier molecular flexibility index (Phi) is 2.50. The van der Waals surface area contributed by atoms with Crippen molar-refractivity contribution in [3.05, 3.63) is 35.4 Å². The lowest BCUT2D eigenvalue weighted by atomic mass is 10.0. The Morgan fingerprint density at radius 3 is 2.40 bits per heavy atom. The first-order chi connectivity index (χ1) is 6.92. The van der Waals surface area contributed by atoms with Gasteiger partial charge in [-0.2, -0.15) is 0 Å². The van der Waals surface area contributed by atoms with E-state index in [-0.39, 0.29) is 10.8 Å². The molecule has 1 aliphatic rings. The lowest BCUT2D eigenvalue weighted by molar-refractivity contribution is 0.503. The third kappa shape index (κ3) is 2.00. The highest BCUT2D eigenvalue weighted by atomic mass is 35.5. The predicted molar refractivity (Wildman–Crippen MR) is 56.8 cm³/mol. The van der Waals surface area contributed by atoms with Crippen LogP contribution in [-0.2, 0) is 0 Å². The fourth-order valence-corrected chi connectivity index (χ4v) is 2.49. The lowest BCUT2D eigenvalue weighted by Crippen LogP contribution is -2.00. The highest BCUT2D eigenvalue weighted by molar-refractivity contribution is 6.21. The average molecular weight is 231 g/mol. The molecule has 1 aromatic rings. The Morgan fingerprint density at radius 1 is 1.33 bits per heavy atom. The fourth-order valence-electron chi connectivity index (χ4n) is 1.92. The third-order valence-electron chi connectivity index (χ3n) is 3.21. The van der Waals surface area contributed by atoms with Gasteiger partial charge in [-0.1, -0.05) is 19.9 Å². The van der Waals surface area contributed by atoms with E-state index in [4.69, 9.17) is 11.6 Å². The Morgan fingerprint density at radius 2 is 1.93 bits per heavy atom. The molecular formula is C12H13ClF2. The van der Waals surface area contributed by atoms with E-state index in [1.807, 2.05) is 0 Å². The van der Waals surface area contributed by atoms with Crippen molar-refractivity contribution in [3.8, 4) is 0 Å². The van der Waals surface area contributed by atoms with Gasteiger partial charge in [0.25, 0.3) is 0 Å². The summed E-state index contributed by atoms with van der Waals surface area (Å²) in [6.07, 6.45) is 1.04. The number of hydrogen-bond acceptors (Lipinski definition) is 0. The number of hydrogen-bond donors (Lipinski definition) is 0. The molecule has 1 aliphatic carbocycles. The number of rotatable bonds is 2. The molecule has 15 heavy (non-hydrogen) atoms. The molecule has 0 N–H and O–H groups in total. The molecule has 1 fully saturated rings. The molecule has 2 rings (SSSR count). The molecule has 2 atom stereocenters. The highest BCUT2D eigenvalue weighted by Crippen LogP contribution is 2.59. The summed E-state index contributed by atoms with van der Waals surface area (Å²) >= 11 is 6.22. The first-order valence-electron chi connectivity index (χ1n) is 5.01. The second-order valence-corrected chi connectivity index (χ2v) is 5.34. The van der Waals surface area contributed by atoms with Crippen LogP contribution in [0.1, 0.15) is 31.2 Å². The predicted octanol–water partition coefficient (Wildman–Crippen LogP) is 4.29. The summed E-state index contributed by atoms with van der Waals surface area (Å²) in [5.41, 5.74) is 0.906. The van der Waals surface area contributed by atoms with E-state index in [2.05, 4.69) is 13.8 Å². The van der Waals surface area contributed by atoms with Gasteiger partial charge in [0.15, 0.2) is 11.6 Å². The zero-order chi connectivity index (χ0) is 11.2. The average Bonchev–Trinajstić information content (AvgIpc) is 2.79. The Labute approximate surface area is 93.2 Å². The van der Waals surface area contributed by atoms with Crippen LogP contribution in [0.2, 0.25) is 0 Å². The van der Waals surface area contributed by atoms with Crippen molar-refractivity contribution >= 4 is 11.6 Å². The number of alkyl halides is 1. The molecule has 82 valence electrons. The van der Waals surface area contributed by atoms with Gasteiger partial charge in [0, 0.05) is 0 Å². The van der Waals surface area contributed by atoms with Gasteiger partial charge in [-0.25, -0.2) is 8.78 Å². The summed E-state index contributed by atoms with van der Waals surface area (Å²) in [6, 6.07) is 3.89. The van der Waals surface area contributed by atoms with E-state index in [1.54, 1.807) is 6.07 Å². The van der Waals surface area contributed by atoms with Crippen molar-refractivity contribution in [1.82, 2.24) is 0 Å². The van der Waals surface area contributed by atoms with Gasteiger partial charge in [0.1, 0.15) is 0 Å². The monoisotopic (exact) mass is 230 g/mol. The third-order valence-corrected chi connectivity index (χ3v) is 3.76. The molecule has 0 radical (unpaired) electrons. The van der Waals surface area contributed by atoms with Crippen LogP contribution in [0.5, 0.6) is 0 Å². The zero-order valence-electron chi connectivity index (χ0n) is 8.73. The van der Waals surface area contributed by atoms with Crippen molar-refractivity contribution in [3.63, 3.8) is 0 Å². The maximum Gasteiger partial charge on any atom is 0.159 e. The van der Waals surface area contributed by atoms with Crippen molar-refractivity contribution in [2.24, 2.45) is 11.3 Å². The molecule has 0 heterocycles. The first-order valence-corrected chi connectivity index (χ1v) is 5.44. The molecule has 0 nitrogen and oxygen atoms in total. The largest absolute Gasteiger partial charge is 0.204 e. The van der Waals surface area contributed by atoms with Crippen molar-refractivity contribution in [2.75, 3.05) is 0 Å². The van der Waals surface area contributed by atoms with Gasteiger partial charge in [0.2, 0.25) is 0 Å². The van der Waals surface area contributed by atoms with Crippen LogP contribution in [0.3, 0.4) is 0 Å². The van der Waals surface area contributed by atoms with E-state index >= 15 is 0 Å². The van der Waals surface area contributed by atoms with Gasteiger partial charge in [-0.15, -0.1) is 11.6 Å². The van der Waals surface area contributed by atoms with E-state index in [0.717, 1.165) is 12.5 Å². The summed E-state index contributed by atoms with van der Waals surface area (Å²) < 4.78 is 25.7. The fraction of sp³-hybridized carbons (Fsp3) is 0.500. The Hall–Kier alpha value is -0.630. The second kappa shape index (κ2) is 3.44. The van der Waals surface area contributed by atoms with Crippen LogP contribution in [0.25, 0.3) is 0 Å². The normalized spacial score (nSPS) is 25.0. The summed E-state index contributed by atoms with van der Waals surface area (Å²) in [5, 5.41) is -0.213. The minimum absolute atomic E-state index is 0.213. The van der Waals surface area contributed by atoms with Crippen molar-refractivity contribution < 1.29 is 8.78 Å². The SMILES string of the molecule is CC1(C)CC1C(Cl)c1ccc(F)c(F)c1. The molecule has 0 bridgehead atoms. The summed E-state index contributed by atoms with van der Waals surface area (Å²) in [5.74, 6) is -1.28. The topological polar surface area (TPSA) is 0 Å². The van der Waals surface area contributed by atoms with E-state index in [1.165, 1.54) is 6.07 Å². The first kappa shape index (κ1) is 10.9. The smallest absolute Gasteiger partial charge is 0.159 e. The minimum Gasteiger partial charge on any atom is -0.204 e. The van der Waals surface area contributed by atoms with E-state index in [9.17, 15) is 8.78 Å². The van der Waals surface area contributed by atoms with Crippen LogP contribution < -0.4 is 0 Å². The quantitative estimate of drug-likeness (QED) is 0.665. The zero-order valence-corrected chi connectivity index (χ0v) is 9.48. The van der Waals surface area contributed by atoms with E-state index in [0.29, 0.717) is 11.5 Å². The van der Waals surface area contributed by atoms with Gasteiger partial charge in [-0.05, 0) is 35.4 Å². The Balaban J connectivity index is 2.20. The number of benzene rings is 1. The molecule has 2 unspecified atom stereocenters. The Bertz CT molecular complexity index is 387. The maximum atomic E-state index is 13.0. The molecule has 0 saturated heterocycles. The molecule has 1 saturated carbocycles. The molecule has 3 heteroatoms. The summed E-state index contributed by atoms with van der Waals surface area (Å²) in [7, 11) is 0. The van der Waals surface area contributed by atoms with Crippen molar-refractivity contribution in [2.45, 2.75) is 25.6 Å². The summed E-state index contributed by atoms with van der Waals surface area (Å²) in [6.45, 7) is 4.26. The molecular weight excluding hydrogens is 218 g/mol.